The predicted octanol–water partition coefficient (Wildman–Crippen LogP) is 0.798. The van der Waals surface area contributed by atoms with Crippen molar-refractivity contribution in [1.29, 1.82) is 0 Å². The summed E-state index contributed by atoms with van der Waals surface area (Å²) >= 11 is 0. The van der Waals surface area contributed by atoms with Crippen molar-refractivity contribution in [3.8, 4) is 0 Å². The third-order valence-corrected chi connectivity index (χ3v) is 2.32. The Morgan fingerprint density at radius 3 is 2.29 bits per heavy atom. The minimum atomic E-state index is -3.43. The van der Waals surface area contributed by atoms with Crippen molar-refractivity contribution in [2.75, 3.05) is 12.9 Å². The van der Waals surface area contributed by atoms with Crippen molar-refractivity contribution in [3.63, 3.8) is 0 Å². The summed E-state index contributed by atoms with van der Waals surface area (Å²) in [5.41, 5.74) is -1.03. The van der Waals surface area contributed by atoms with Gasteiger partial charge in [-0.3, -0.25) is 14.3 Å². The average molecular weight is 225 g/mol. The Morgan fingerprint density at radius 1 is 1.43 bits per heavy atom. The maximum atomic E-state index is 10.5. The van der Waals surface area contributed by atoms with Crippen molar-refractivity contribution >= 4 is 10.1 Å². The molecule has 6 nitrogen and oxygen atoms in total. The molecule has 84 valence electrons. The molecule has 0 unspecified atom stereocenters. The van der Waals surface area contributed by atoms with Crippen LogP contribution in [-0.2, 0) is 14.3 Å². The molecule has 0 spiro atoms. The summed E-state index contributed by atoms with van der Waals surface area (Å²) in [5.74, 6) is 0. The van der Waals surface area contributed by atoms with Gasteiger partial charge in [-0.25, -0.2) is 0 Å². The van der Waals surface area contributed by atoms with Crippen LogP contribution >= 0.6 is 0 Å². The molecule has 0 radical (unpaired) electrons. The zero-order valence-electron chi connectivity index (χ0n) is 8.52. The van der Waals surface area contributed by atoms with Crippen molar-refractivity contribution in [3.05, 3.63) is 10.1 Å². The standard InChI is InChI=1S/C7H15NO5S/c1-7(2,8(9)10)5-4-6-13-14(3,11)12/h4-6H2,1-3H3. The van der Waals surface area contributed by atoms with Gasteiger partial charge in [0.1, 0.15) is 0 Å². The predicted molar refractivity (Wildman–Crippen MR) is 51.1 cm³/mol. The van der Waals surface area contributed by atoms with Crippen LogP contribution in [0.1, 0.15) is 26.7 Å². The highest BCUT2D eigenvalue weighted by Crippen LogP contribution is 2.15. The van der Waals surface area contributed by atoms with Gasteiger partial charge in [-0.1, -0.05) is 0 Å². The minimum Gasteiger partial charge on any atom is -0.270 e. The van der Waals surface area contributed by atoms with E-state index in [0.717, 1.165) is 6.26 Å². The molecule has 14 heavy (non-hydrogen) atoms. The molecule has 0 saturated heterocycles. The fourth-order valence-electron chi connectivity index (χ4n) is 0.806. The average Bonchev–Trinajstić information content (AvgIpc) is 1.96. The van der Waals surface area contributed by atoms with E-state index in [9.17, 15) is 18.5 Å². The van der Waals surface area contributed by atoms with Crippen LogP contribution in [0.3, 0.4) is 0 Å². The van der Waals surface area contributed by atoms with Crippen molar-refractivity contribution in [2.45, 2.75) is 32.2 Å². The van der Waals surface area contributed by atoms with E-state index in [-0.39, 0.29) is 18.0 Å². The number of hydrogen-bond donors (Lipinski definition) is 0. The molecule has 0 N–H and O–H groups in total. The van der Waals surface area contributed by atoms with Crippen LogP contribution in [-0.4, -0.2) is 31.7 Å². The Kier molecular flexibility index (Phi) is 4.47. The maximum Gasteiger partial charge on any atom is 0.264 e. The van der Waals surface area contributed by atoms with E-state index in [4.69, 9.17) is 0 Å². The van der Waals surface area contributed by atoms with Crippen molar-refractivity contribution in [2.24, 2.45) is 0 Å². The summed E-state index contributed by atoms with van der Waals surface area (Å²) in [6.45, 7) is 2.98. The van der Waals surface area contributed by atoms with Crippen LogP contribution in [0.4, 0.5) is 0 Å². The van der Waals surface area contributed by atoms with Gasteiger partial charge in [-0.2, -0.15) is 8.42 Å². The van der Waals surface area contributed by atoms with Crippen LogP contribution in [0.15, 0.2) is 0 Å². The van der Waals surface area contributed by atoms with Crippen LogP contribution in [0, 0.1) is 10.1 Å². The first kappa shape index (κ1) is 13.3. The summed E-state index contributed by atoms with van der Waals surface area (Å²) in [6, 6.07) is 0. The Labute approximate surface area is 83.5 Å². The molecule has 0 rings (SSSR count). The van der Waals surface area contributed by atoms with Crippen LogP contribution < -0.4 is 0 Å². The van der Waals surface area contributed by atoms with Gasteiger partial charge in [0, 0.05) is 25.2 Å². The smallest absolute Gasteiger partial charge is 0.264 e. The molecule has 0 heterocycles. The van der Waals surface area contributed by atoms with E-state index < -0.39 is 15.7 Å². The van der Waals surface area contributed by atoms with E-state index >= 15 is 0 Å². The maximum absolute atomic E-state index is 10.5. The lowest BCUT2D eigenvalue weighted by Gasteiger charge is -2.14. The summed E-state index contributed by atoms with van der Waals surface area (Å²) in [4.78, 5) is 10.1. The van der Waals surface area contributed by atoms with Gasteiger partial charge in [0.15, 0.2) is 0 Å². The molecule has 0 aromatic heterocycles. The lowest BCUT2D eigenvalue weighted by atomic mass is 10.0. The van der Waals surface area contributed by atoms with Crippen LogP contribution in [0.25, 0.3) is 0 Å². The van der Waals surface area contributed by atoms with Gasteiger partial charge in [0.25, 0.3) is 10.1 Å². The van der Waals surface area contributed by atoms with E-state index in [2.05, 4.69) is 4.18 Å². The number of hydrogen-bond acceptors (Lipinski definition) is 5. The fourth-order valence-corrected chi connectivity index (χ4v) is 1.23. The molecular weight excluding hydrogens is 210 g/mol. The van der Waals surface area contributed by atoms with Crippen molar-refractivity contribution < 1.29 is 17.5 Å². The number of rotatable bonds is 6. The molecule has 0 aliphatic heterocycles. The SMILES string of the molecule is CC(C)(CCCOS(C)(=O)=O)[N+](=O)[O-]. The van der Waals surface area contributed by atoms with E-state index in [1.165, 1.54) is 13.8 Å². The Bertz CT molecular complexity index is 295. The highest BCUT2D eigenvalue weighted by Gasteiger charge is 2.29. The molecular formula is C7H15NO5S. The summed E-state index contributed by atoms with van der Waals surface area (Å²) in [5, 5.41) is 10.5. The lowest BCUT2D eigenvalue weighted by molar-refractivity contribution is -0.561. The number of nitro groups is 1. The molecule has 0 aromatic rings. The summed E-state index contributed by atoms with van der Waals surface area (Å²) < 4.78 is 25.5. The second kappa shape index (κ2) is 4.70. The van der Waals surface area contributed by atoms with Gasteiger partial charge < -0.3 is 0 Å². The monoisotopic (exact) mass is 225 g/mol. The zero-order valence-corrected chi connectivity index (χ0v) is 9.33. The molecule has 7 heteroatoms. The zero-order chi connectivity index (χ0) is 11.4. The normalized spacial score (nSPS) is 12.8. The third kappa shape index (κ3) is 5.87. The molecule has 0 saturated carbocycles. The fraction of sp³-hybridized carbons (Fsp3) is 1.00. The van der Waals surface area contributed by atoms with Gasteiger partial charge in [-0.15, -0.1) is 0 Å². The molecule has 0 aliphatic carbocycles. The lowest BCUT2D eigenvalue weighted by Crippen LogP contribution is -2.31. The molecule has 0 bridgehead atoms. The Balaban J connectivity index is 3.81. The first-order valence-electron chi connectivity index (χ1n) is 4.14. The second-order valence-corrected chi connectivity index (χ2v) is 5.34. The van der Waals surface area contributed by atoms with E-state index in [1.807, 2.05) is 0 Å². The van der Waals surface area contributed by atoms with Gasteiger partial charge in [0.05, 0.1) is 12.9 Å². The highest BCUT2D eigenvalue weighted by atomic mass is 32.2. The number of nitrogens with zero attached hydrogens (tertiary/aromatic N) is 1. The van der Waals surface area contributed by atoms with Gasteiger partial charge >= 0.3 is 0 Å². The topological polar surface area (TPSA) is 86.5 Å². The molecule has 0 fully saturated rings. The van der Waals surface area contributed by atoms with Gasteiger partial charge in [0.2, 0.25) is 5.54 Å². The molecule has 0 aliphatic rings. The summed E-state index contributed by atoms with van der Waals surface area (Å²) in [6.07, 6.45) is 1.59. The van der Waals surface area contributed by atoms with Crippen LogP contribution in [0.5, 0.6) is 0 Å². The van der Waals surface area contributed by atoms with E-state index in [1.54, 1.807) is 0 Å². The van der Waals surface area contributed by atoms with Crippen molar-refractivity contribution in [1.82, 2.24) is 0 Å². The Morgan fingerprint density at radius 2 is 1.93 bits per heavy atom. The second-order valence-electron chi connectivity index (χ2n) is 3.70. The molecule has 0 aromatic carbocycles. The third-order valence-electron chi connectivity index (χ3n) is 1.72. The first-order chi connectivity index (χ1) is 6.15. The quantitative estimate of drug-likeness (QED) is 0.289. The first-order valence-corrected chi connectivity index (χ1v) is 5.96. The van der Waals surface area contributed by atoms with Crippen LogP contribution in [0.2, 0.25) is 0 Å². The largest absolute Gasteiger partial charge is 0.270 e. The summed E-state index contributed by atoms with van der Waals surface area (Å²) in [7, 11) is -3.43. The Hall–Kier alpha value is -0.690. The van der Waals surface area contributed by atoms with Gasteiger partial charge in [-0.05, 0) is 6.42 Å². The minimum absolute atomic E-state index is 0.00387. The molecule has 0 amide bonds. The highest BCUT2D eigenvalue weighted by molar-refractivity contribution is 7.85. The molecule has 0 atom stereocenters. The van der Waals surface area contributed by atoms with E-state index in [0.29, 0.717) is 6.42 Å².